The van der Waals surface area contributed by atoms with Crippen molar-refractivity contribution in [3.63, 3.8) is 0 Å². The molecule has 4 heteroatoms. The van der Waals surface area contributed by atoms with Crippen LogP contribution in [0.5, 0.6) is 0 Å². The molecule has 0 aliphatic carbocycles. The molecule has 0 saturated carbocycles. The molecular formula is C17H19NO3. The second-order valence-corrected chi connectivity index (χ2v) is 5.32. The number of furan rings is 1. The highest BCUT2D eigenvalue weighted by Crippen LogP contribution is 2.28. The van der Waals surface area contributed by atoms with E-state index >= 15 is 0 Å². The van der Waals surface area contributed by atoms with Crippen LogP contribution >= 0.6 is 0 Å². The number of hydrogen-bond acceptors (Lipinski definition) is 4. The fourth-order valence-corrected chi connectivity index (χ4v) is 2.69. The Bertz CT molecular complexity index is 840. The Hall–Kier alpha value is -2.07. The van der Waals surface area contributed by atoms with Crippen molar-refractivity contribution in [3.8, 4) is 0 Å². The maximum atomic E-state index is 11.8. The van der Waals surface area contributed by atoms with E-state index in [1.165, 1.54) is 0 Å². The lowest BCUT2D eigenvalue weighted by Gasteiger charge is -2.18. The summed E-state index contributed by atoms with van der Waals surface area (Å²) < 4.78 is 10.8. The largest absolute Gasteiger partial charge is 0.464 e. The van der Waals surface area contributed by atoms with Gasteiger partial charge in [0.05, 0.1) is 6.26 Å². The van der Waals surface area contributed by atoms with E-state index in [0.717, 1.165) is 47.1 Å². The van der Waals surface area contributed by atoms with Crippen molar-refractivity contribution in [3.05, 3.63) is 46.0 Å². The van der Waals surface area contributed by atoms with Crippen LogP contribution in [0.15, 0.2) is 38.1 Å². The van der Waals surface area contributed by atoms with Gasteiger partial charge >= 0.3 is 5.63 Å². The lowest BCUT2D eigenvalue weighted by atomic mass is 10.1. The molecule has 21 heavy (non-hydrogen) atoms. The molecule has 4 nitrogen and oxygen atoms in total. The van der Waals surface area contributed by atoms with Gasteiger partial charge in [-0.05, 0) is 37.2 Å². The maximum Gasteiger partial charge on any atom is 0.336 e. The topological polar surface area (TPSA) is 46.6 Å². The highest BCUT2D eigenvalue weighted by molar-refractivity contribution is 5.96. The van der Waals surface area contributed by atoms with Crippen molar-refractivity contribution in [2.24, 2.45) is 0 Å². The highest BCUT2D eigenvalue weighted by atomic mass is 16.4. The Morgan fingerprint density at radius 2 is 1.81 bits per heavy atom. The highest BCUT2D eigenvalue weighted by Gasteiger charge is 2.12. The molecule has 0 spiro atoms. The van der Waals surface area contributed by atoms with Crippen LogP contribution in [0.25, 0.3) is 21.9 Å². The Balaban J connectivity index is 2.24. The summed E-state index contributed by atoms with van der Waals surface area (Å²) >= 11 is 0. The molecule has 0 atom stereocenters. The third kappa shape index (κ3) is 2.47. The Kier molecular flexibility index (Phi) is 3.55. The first kappa shape index (κ1) is 13.9. The van der Waals surface area contributed by atoms with Gasteiger partial charge in [-0.2, -0.15) is 0 Å². The van der Waals surface area contributed by atoms with Crippen molar-refractivity contribution >= 4 is 21.9 Å². The number of rotatable bonds is 4. The summed E-state index contributed by atoms with van der Waals surface area (Å²) in [6, 6.07) is 5.47. The lowest BCUT2D eigenvalue weighted by Crippen LogP contribution is -2.22. The average molecular weight is 285 g/mol. The number of aryl methyl sites for hydroxylation is 1. The van der Waals surface area contributed by atoms with E-state index in [0.29, 0.717) is 5.58 Å². The average Bonchev–Trinajstić information content (AvgIpc) is 2.83. The van der Waals surface area contributed by atoms with Crippen LogP contribution in [0, 0.1) is 6.92 Å². The molecule has 2 aromatic heterocycles. The van der Waals surface area contributed by atoms with Crippen molar-refractivity contribution in [2.75, 3.05) is 13.1 Å². The van der Waals surface area contributed by atoms with Gasteiger partial charge in [0.25, 0.3) is 0 Å². The molecule has 3 rings (SSSR count). The molecule has 0 aliphatic heterocycles. The van der Waals surface area contributed by atoms with Gasteiger partial charge in [0.2, 0.25) is 0 Å². The maximum absolute atomic E-state index is 11.8. The van der Waals surface area contributed by atoms with Crippen LogP contribution in [-0.4, -0.2) is 18.0 Å². The summed E-state index contributed by atoms with van der Waals surface area (Å²) in [5, 5.41) is 2.05. The summed E-state index contributed by atoms with van der Waals surface area (Å²) in [6.45, 7) is 8.90. The van der Waals surface area contributed by atoms with Gasteiger partial charge in [0, 0.05) is 29.4 Å². The van der Waals surface area contributed by atoms with Gasteiger partial charge in [0.15, 0.2) is 0 Å². The first-order valence-electron chi connectivity index (χ1n) is 7.29. The van der Waals surface area contributed by atoms with Crippen molar-refractivity contribution < 1.29 is 8.83 Å². The number of nitrogens with zero attached hydrogens (tertiary/aromatic N) is 1. The summed E-state index contributed by atoms with van der Waals surface area (Å²) in [5.41, 5.74) is 3.13. The SMILES string of the molecule is CCN(CC)Cc1cc(=O)oc2cc3occ(C)c3cc12. The molecule has 0 N–H and O–H groups in total. The van der Waals surface area contributed by atoms with Crippen LogP contribution in [0.4, 0.5) is 0 Å². The van der Waals surface area contributed by atoms with Gasteiger partial charge in [-0.1, -0.05) is 13.8 Å². The van der Waals surface area contributed by atoms with E-state index < -0.39 is 0 Å². The molecule has 0 radical (unpaired) electrons. The fraction of sp³-hybridized carbons (Fsp3) is 0.353. The zero-order valence-corrected chi connectivity index (χ0v) is 12.6. The zero-order chi connectivity index (χ0) is 15.0. The minimum absolute atomic E-state index is 0.313. The number of fused-ring (bicyclic) bond motifs is 2. The minimum Gasteiger partial charge on any atom is -0.464 e. The van der Waals surface area contributed by atoms with Crippen LogP contribution in [-0.2, 0) is 6.54 Å². The molecule has 110 valence electrons. The Labute approximate surface area is 123 Å². The van der Waals surface area contributed by atoms with E-state index in [9.17, 15) is 4.79 Å². The van der Waals surface area contributed by atoms with E-state index in [4.69, 9.17) is 8.83 Å². The fourth-order valence-electron chi connectivity index (χ4n) is 2.69. The van der Waals surface area contributed by atoms with Crippen LogP contribution in [0.1, 0.15) is 25.0 Å². The molecule has 2 heterocycles. The van der Waals surface area contributed by atoms with Crippen LogP contribution in [0.3, 0.4) is 0 Å². The van der Waals surface area contributed by atoms with Crippen LogP contribution in [0.2, 0.25) is 0 Å². The summed E-state index contributed by atoms with van der Waals surface area (Å²) in [6.07, 6.45) is 1.73. The molecule has 1 aromatic carbocycles. The molecule has 0 bridgehead atoms. The van der Waals surface area contributed by atoms with Crippen molar-refractivity contribution in [1.82, 2.24) is 4.90 Å². The van der Waals surface area contributed by atoms with E-state index in [-0.39, 0.29) is 5.63 Å². The Morgan fingerprint density at radius 1 is 1.05 bits per heavy atom. The first-order valence-corrected chi connectivity index (χ1v) is 7.29. The van der Waals surface area contributed by atoms with Crippen LogP contribution < -0.4 is 5.63 Å². The summed E-state index contributed by atoms with van der Waals surface area (Å²) in [4.78, 5) is 14.1. The van der Waals surface area contributed by atoms with Gasteiger partial charge < -0.3 is 8.83 Å². The van der Waals surface area contributed by atoms with Gasteiger partial charge in [-0.25, -0.2) is 4.79 Å². The molecule has 0 saturated heterocycles. The van der Waals surface area contributed by atoms with Gasteiger partial charge in [-0.15, -0.1) is 0 Å². The van der Waals surface area contributed by atoms with Gasteiger partial charge in [0.1, 0.15) is 11.2 Å². The molecule has 3 aromatic rings. The molecule has 0 amide bonds. The first-order chi connectivity index (χ1) is 10.1. The lowest BCUT2D eigenvalue weighted by molar-refractivity contribution is 0.296. The predicted octanol–water partition coefficient (Wildman–Crippen LogP) is 3.69. The smallest absolute Gasteiger partial charge is 0.336 e. The Morgan fingerprint density at radius 3 is 2.52 bits per heavy atom. The zero-order valence-electron chi connectivity index (χ0n) is 12.6. The summed E-state index contributed by atoms with van der Waals surface area (Å²) in [7, 11) is 0. The molecule has 0 aliphatic rings. The van der Waals surface area contributed by atoms with E-state index in [1.54, 1.807) is 12.3 Å². The quantitative estimate of drug-likeness (QED) is 0.686. The normalized spacial score (nSPS) is 11.8. The predicted molar refractivity (Wildman–Crippen MR) is 83.6 cm³/mol. The van der Waals surface area contributed by atoms with Gasteiger partial charge in [-0.3, -0.25) is 4.90 Å². The van der Waals surface area contributed by atoms with E-state index in [1.807, 2.05) is 13.0 Å². The number of benzene rings is 1. The molecule has 0 unspecified atom stereocenters. The minimum atomic E-state index is -0.313. The third-order valence-electron chi connectivity index (χ3n) is 4.01. The second-order valence-electron chi connectivity index (χ2n) is 5.32. The summed E-state index contributed by atoms with van der Waals surface area (Å²) in [5.74, 6) is 0. The van der Waals surface area contributed by atoms with Crippen molar-refractivity contribution in [1.29, 1.82) is 0 Å². The molecular weight excluding hydrogens is 266 g/mol. The number of hydrogen-bond donors (Lipinski definition) is 0. The monoisotopic (exact) mass is 285 g/mol. The second kappa shape index (κ2) is 5.37. The molecule has 0 fully saturated rings. The van der Waals surface area contributed by atoms with E-state index in [2.05, 4.69) is 24.8 Å². The third-order valence-corrected chi connectivity index (χ3v) is 4.01. The standard InChI is InChI=1S/C17H19NO3/c1-4-18(5-2)9-12-6-17(19)21-16-8-15-13(7-14(12)16)11(3)10-20-15/h6-8,10H,4-5,9H2,1-3H3. The van der Waals surface area contributed by atoms with Crippen molar-refractivity contribution in [2.45, 2.75) is 27.3 Å².